The second kappa shape index (κ2) is 12.7. The van der Waals surface area contributed by atoms with Gasteiger partial charge < -0.3 is 20.1 Å². The number of likely N-dealkylation sites (tertiary alicyclic amines) is 1. The van der Waals surface area contributed by atoms with Gasteiger partial charge in [0, 0.05) is 37.9 Å². The van der Waals surface area contributed by atoms with E-state index in [1.807, 2.05) is 26.0 Å². The molecule has 0 aromatic carbocycles. The number of nitrogens with zero attached hydrogens (tertiary/aromatic N) is 5. The van der Waals surface area contributed by atoms with Gasteiger partial charge in [0.15, 0.2) is 10.9 Å². The molecule has 0 spiro atoms. The summed E-state index contributed by atoms with van der Waals surface area (Å²) in [4.78, 5) is 30.5. The summed E-state index contributed by atoms with van der Waals surface area (Å²) in [7, 11) is -3.11. The summed E-state index contributed by atoms with van der Waals surface area (Å²) in [5, 5.41) is 13.4. The lowest BCUT2D eigenvalue weighted by Gasteiger charge is -2.45. The van der Waals surface area contributed by atoms with E-state index in [4.69, 9.17) is 9.72 Å². The standard InChI is InChI=1S/C30H41FN6O5S2/c1-19(2)30(31)9-5-23-21(16-30)15-25-28(34-23)43-29(35-25)27(39)33-24(8-12-36-10-6-22(38)7-11-36)20-3-4-26(32-17-20)37-13-14-42-18-44(37,40)41/h3-4,15,17,19,22,24,38,40-41H,5-14,16,18H2,1-2H3,(H,33,39)/t24-,30?/m1/s1. The summed E-state index contributed by atoms with van der Waals surface area (Å²) in [5.74, 6) is -0.142. The Morgan fingerprint density at radius 3 is 2.75 bits per heavy atom. The number of carbonyl (C=O) groups excluding carboxylic acids is 1. The number of hydrogen-bond donors (Lipinski definition) is 4. The van der Waals surface area contributed by atoms with Crippen LogP contribution in [-0.4, -0.2) is 90.5 Å². The maximum atomic E-state index is 15.4. The lowest BCUT2D eigenvalue weighted by molar-refractivity contribution is 0.0795. The Hall–Kier alpha value is -2.46. The van der Waals surface area contributed by atoms with Crippen LogP contribution in [0.2, 0.25) is 0 Å². The van der Waals surface area contributed by atoms with Crippen molar-refractivity contribution in [2.75, 3.05) is 43.0 Å². The van der Waals surface area contributed by atoms with Gasteiger partial charge >= 0.3 is 0 Å². The van der Waals surface area contributed by atoms with Gasteiger partial charge in [-0.15, -0.1) is 0 Å². The predicted octanol–water partition coefficient (Wildman–Crippen LogP) is 4.72. The number of aliphatic hydroxyl groups excluding tert-OH is 1. The Morgan fingerprint density at radius 2 is 2.05 bits per heavy atom. The zero-order chi connectivity index (χ0) is 31.1. The third-order valence-corrected chi connectivity index (χ3v) is 11.6. The molecule has 11 nitrogen and oxygen atoms in total. The van der Waals surface area contributed by atoms with Crippen molar-refractivity contribution in [3.8, 4) is 0 Å². The molecule has 2 saturated heterocycles. The largest absolute Gasteiger partial charge is 0.393 e. The zero-order valence-electron chi connectivity index (χ0n) is 25.1. The maximum Gasteiger partial charge on any atom is 0.280 e. The number of hydrogen-bond acceptors (Lipinski definition) is 11. The van der Waals surface area contributed by atoms with Crippen molar-refractivity contribution >= 4 is 44.2 Å². The van der Waals surface area contributed by atoms with E-state index in [9.17, 15) is 19.0 Å². The number of nitrogens with one attached hydrogen (secondary N) is 1. The lowest BCUT2D eigenvalue weighted by atomic mass is 9.77. The van der Waals surface area contributed by atoms with Crippen LogP contribution in [-0.2, 0) is 17.6 Å². The molecule has 2 atom stereocenters. The summed E-state index contributed by atoms with van der Waals surface area (Å²) in [6.07, 6.45) is 4.77. The van der Waals surface area contributed by atoms with E-state index < -0.39 is 16.4 Å². The smallest absolute Gasteiger partial charge is 0.280 e. The van der Waals surface area contributed by atoms with E-state index in [2.05, 4.69) is 20.2 Å². The van der Waals surface area contributed by atoms with Gasteiger partial charge in [-0.2, -0.15) is 0 Å². The first-order chi connectivity index (χ1) is 21.0. The zero-order valence-corrected chi connectivity index (χ0v) is 26.7. The minimum Gasteiger partial charge on any atom is -0.393 e. The molecule has 2 fully saturated rings. The fourth-order valence-electron chi connectivity index (χ4n) is 6.17. The molecule has 3 aromatic rings. The Morgan fingerprint density at radius 1 is 1.25 bits per heavy atom. The van der Waals surface area contributed by atoms with Gasteiger partial charge in [-0.05, 0) is 61.3 Å². The van der Waals surface area contributed by atoms with Crippen LogP contribution in [0, 0.1) is 5.92 Å². The fourth-order valence-corrected chi connectivity index (χ4v) is 8.26. The number of alkyl halides is 1. The molecule has 3 aliphatic rings. The molecule has 4 N–H and O–H groups in total. The Labute approximate surface area is 262 Å². The summed E-state index contributed by atoms with van der Waals surface area (Å²) >= 11 is 1.24. The van der Waals surface area contributed by atoms with Gasteiger partial charge in [0.05, 0.1) is 25.3 Å². The number of ether oxygens (including phenoxy) is 1. The number of piperidine rings is 1. The van der Waals surface area contributed by atoms with Crippen molar-refractivity contribution in [2.45, 2.75) is 70.2 Å². The maximum absolute atomic E-state index is 15.4. The molecule has 0 saturated carbocycles. The number of rotatable bonds is 8. The molecule has 1 amide bonds. The average Bonchev–Trinajstić information content (AvgIpc) is 3.42. The van der Waals surface area contributed by atoms with E-state index in [1.165, 1.54) is 15.6 Å². The van der Waals surface area contributed by atoms with Gasteiger partial charge in [-0.3, -0.25) is 18.2 Å². The highest BCUT2D eigenvalue weighted by Crippen LogP contribution is 2.47. The van der Waals surface area contributed by atoms with E-state index in [0.29, 0.717) is 60.0 Å². The summed E-state index contributed by atoms with van der Waals surface area (Å²) < 4.78 is 43.0. The monoisotopic (exact) mass is 648 g/mol. The molecular weight excluding hydrogens is 607 g/mol. The minimum atomic E-state index is -3.11. The Balaban J connectivity index is 1.21. The van der Waals surface area contributed by atoms with Crippen LogP contribution in [0.25, 0.3) is 10.3 Å². The van der Waals surface area contributed by atoms with Crippen molar-refractivity contribution < 1.29 is 28.1 Å². The first-order valence-electron chi connectivity index (χ1n) is 15.3. The topological polar surface area (TPSA) is 144 Å². The third kappa shape index (κ3) is 6.71. The molecule has 6 rings (SSSR count). The third-order valence-electron chi connectivity index (χ3n) is 9.10. The van der Waals surface area contributed by atoms with Crippen LogP contribution in [0.1, 0.15) is 72.2 Å². The highest BCUT2D eigenvalue weighted by atomic mass is 32.3. The second-order valence-corrected chi connectivity index (χ2v) is 15.3. The quantitative estimate of drug-likeness (QED) is 0.271. The van der Waals surface area contributed by atoms with Gasteiger partial charge in [0.1, 0.15) is 21.8 Å². The number of aliphatic hydroxyl groups is 1. The van der Waals surface area contributed by atoms with Crippen molar-refractivity contribution in [1.82, 2.24) is 25.2 Å². The van der Waals surface area contributed by atoms with Crippen molar-refractivity contribution in [1.29, 1.82) is 0 Å². The van der Waals surface area contributed by atoms with E-state index in [-0.39, 0.29) is 29.9 Å². The molecule has 1 unspecified atom stereocenters. The minimum absolute atomic E-state index is 0.0939. The second-order valence-electron chi connectivity index (χ2n) is 12.4. The Bertz CT molecular complexity index is 1480. The molecule has 44 heavy (non-hydrogen) atoms. The van der Waals surface area contributed by atoms with Crippen LogP contribution in [0.3, 0.4) is 0 Å². The van der Waals surface area contributed by atoms with Gasteiger partial charge in [0.2, 0.25) is 0 Å². The van der Waals surface area contributed by atoms with Crippen LogP contribution < -0.4 is 9.62 Å². The normalized spacial score (nSPS) is 24.3. The van der Waals surface area contributed by atoms with Crippen molar-refractivity contribution in [3.63, 3.8) is 0 Å². The number of pyridine rings is 2. The van der Waals surface area contributed by atoms with Crippen LogP contribution in [0.5, 0.6) is 0 Å². The molecule has 2 aliphatic heterocycles. The predicted molar refractivity (Wildman–Crippen MR) is 170 cm³/mol. The van der Waals surface area contributed by atoms with E-state index >= 15 is 4.39 Å². The number of thiazole rings is 1. The number of halogens is 1. The summed E-state index contributed by atoms with van der Waals surface area (Å²) in [6, 6.07) is 5.10. The molecule has 3 aromatic heterocycles. The SMILES string of the molecule is CC(C)C1(F)CCc2nc3sc(C(=O)N[C@H](CCN4CCC(O)CC4)c4ccc(N5CCOCS5(O)O)nc4)nc3cc2C1. The highest BCUT2D eigenvalue weighted by Gasteiger charge is 2.38. The Kier molecular flexibility index (Phi) is 9.12. The highest BCUT2D eigenvalue weighted by molar-refractivity contribution is 8.25. The van der Waals surface area contributed by atoms with Crippen LogP contribution in [0.4, 0.5) is 10.2 Å². The fraction of sp³-hybridized carbons (Fsp3) is 0.600. The lowest BCUT2D eigenvalue weighted by Crippen LogP contribution is -2.39. The first kappa shape index (κ1) is 31.5. The van der Waals surface area contributed by atoms with Gasteiger partial charge in [-0.25, -0.2) is 19.3 Å². The van der Waals surface area contributed by atoms with Crippen molar-refractivity contribution in [2.24, 2.45) is 5.92 Å². The molecule has 240 valence electrons. The van der Waals surface area contributed by atoms with E-state index in [1.54, 1.807) is 12.3 Å². The van der Waals surface area contributed by atoms with Crippen LogP contribution in [0.15, 0.2) is 24.4 Å². The van der Waals surface area contributed by atoms with Crippen LogP contribution >= 0.6 is 22.1 Å². The van der Waals surface area contributed by atoms with Gasteiger partial charge in [0.25, 0.3) is 5.91 Å². The molecule has 14 heteroatoms. The molecule has 0 radical (unpaired) electrons. The summed E-state index contributed by atoms with van der Waals surface area (Å²) in [5.41, 5.74) is 1.87. The molecular formula is C30H41FN6O5S2. The number of amides is 1. The number of carbonyl (C=O) groups is 1. The first-order valence-corrected chi connectivity index (χ1v) is 17.8. The number of aryl methyl sites for hydroxylation is 1. The number of aromatic nitrogens is 3. The molecule has 5 heterocycles. The average molecular weight is 649 g/mol. The van der Waals surface area contributed by atoms with E-state index in [0.717, 1.165) is 49.3 Å². The van der Waals surface area contributed by atoms with Gasteiger partial charge in [-0.1, -0.05) is 42.0 Å². The summed E-state index contributed by atoms with van der Waals surface area (Å²) in [6.45, 7) is 6.80. The van der Waals surface area contributed by atoms with Crippen molar-refractivity contribution in [3.05, 3.63) is 46.2 Å². The molecule has 1 aliphatic carbocycles. The molecule has 0 bridgehead atoms. The number of anilines is 1. The number of fused-ring (bicyclic) bond motifs is 2.